The van der Waals surface area contributed by atoms with E-state index in [2.05, 4.69) is 10.6 Å². The Morgan fingerprint density at radius 3 is 2.81 bits per heavy atom. The standard InChI is InChI=1S/C14H19N3O3.ClH/c1-9-5-3-6-11(13(9)17(19)20)14(18)16-12-7-4-8-15-10(12)2;/h3,5-6,10,12,15H,4,7-8H2,1-2H3,(H,16,18);1H. The first-order chi connectivity index (χ1) is 9.50. The average molecular weight is 314 g/mol. The molecule has 1 aliphatic heterocycles. The molecule has 7 heteroatoms. The summed E-state index contributed by atoms with van der Waals surface area (Å²) in [4.78, 5) is 22.9. The van der Waals surface area contributed by atoms with Crippen LogP contribution in [0.15, 0.2) is 18.2 Å². The van der Waals surface area contributed by atoms with Crippen molar-refractivity contribution in [2.24, 2.45) is 0 Å². The quantitative estimate of drug-likeness (QED) is 0.662. The maximum Gasteiger partial charge on any atom is 0.285 e. The Bertz CT molecular complexity index is 536. The van der Waals surface area contributed by atoms with Crippen LogP contribution in [-0.2, 0) is 0 Å². The molecule has 1 aromatic carbocycles. The Labute approximate surface area is 129 Å². The number of nitrogens with one attached hydrogen (secondary N) is 2. The minimum atomic E-state index is -0.493. The number of para-hydroxylation sites is 1. The molecule has 0 spiro atoms. The molecule has 1 aliphatic rings. The van der Waals surface area contributed by atoms with E-state index in [1.807, 2.05) is 6.92 Å². The van der Waals surface area contributed by atoms with Gasteiger partial charge in [-0.2, -0.15) is 0 Å². The van der Waals surface area contributed by atoms with Crippen molar-refractivity contribution in [3.8, 4) is 0 Å². The molecule has 0 bridgehead atoms. The zero-order valence-corrected chi connectivity index (χ0v) is 12.9. The van der Waals surface area contributed by atoms with Crippen LogP contribution in [0, 0.1) is 17.0 Å². The molecule has 0 radical (unpaired) electrons. The molecule has 116 valence electrons. The summed E-state index contributed by atoms with van der Waals surface area (Å²) in [6.07, 6.45) is 1.88. The maximum absolute atomic E-state index is 12.3. The smallest absolute Gasteiger partial charge is 0.285 e. The van der Waals surface area contributed by atoms with Gasteiger partial charge in [-0.15, -0.1) is 12.4 Å². The SMILES string of the molecule is Cc1cccc(C(=O)NC2CCCNC2C)c1[N+](=O)[O-].Cl. The summed E-state index contributed by atoms with van der Waals surface area (Å²) < 4.78 is 0. The Hall–Kier alpha value is -1.66. The van der Waals surface area contributed by atoms with Gasteiger partial charge >= 0.3 is 0 Å². The number of nitro benzene ring substituents is 1. The zero-order chi connectivity index (χ0) is 14.7. The van der Waals surface area contributed by atoms with Crippen LogP contribution in [-0.4, -0.2) is 29.5 Å². The van der Waals surface area contributed by atoms with E-state index < -0.39 is 4.92 Å². The lowest BCUT2D eigenvalue weighted by Gasteiger charge is -2.30. The lowest BCUT2D eigenvalue weighted by atomic mass is 9.99. The molecule has 0 aliphatic carbocycles. The Balaban J connectivity index is 0.00000220. The van der Waals surface area contributed by atoms with Crippen molar-refractivity contribution in [3.63, 3.8) is 0 Å². The molecule has 1 amide bonds. The van der Waals surface area contributed by atoms with Crippen molar-refractivity contribution in [1.82, 2.24) is 10.6 Å². The predicted octanol–water partition coefficient (Wildman–Crippen LogP) is 2.20. The van der Waals surface area contributed by atoms with Gasteiger partial charge < -0.3 is 10.6 Å². The first kappa shape index (κ1) is 17.4. The number of hydrogen-bond donors (Lipinski definition) is 2. The average Bonchev–Trinajstić information content (AvgIpc) is 2.40. The van der Waals surface area contributed by atoms with E-state index in [0.29, 0.717) is 5.56 Å². The minimum absolute atomic E-state index is 0. The van der Waals surface area contributed by atoms with Gasteiger partial charge in [-0.1, -0.05) is 12.1 Å². The van der Waals surface area contributed by atoms with E-state index >= 15 is 0 Å². The van der Waals surface area contributed by atoms with Gasteiger partial charge in [0, 0.05) is 17.6 Å². The van der Waals surface area contributed by atoms with Crippen LogP contribution >= 0.6 is 12.4 Å². The maximum atomic E-state index is 12.3. The third kappa shape index (κ3) is 3.92. The highest BCUT2D eigenvalue weighted by molar-refractivity contribution is 5.98. The number of aryl methyl sites for hydroxylation is 1. The molecule has 1 fully saturated rings. The number of carbonyl (C=O) groups excluding carboxylic acids is 1. The number of benzene rings is 1. The number of rotatable bonds is 3. The van der Waals surface area contributed by atoms with Gasteiger partial charge in [0.05, 0.1) is 4.92 Å². The van der Waals surface area contributed by atoms with E-state index in [-0.39, 0.29) is 41.6 Å². The molecule has 21 heavy (non-hydrogen) atoms. The molecular formula is C14H20ClN3O3. The summed E-state index contributed by atoms with van der Waals surface area (Å²) in [5.74, 6) is -0.374. The summed E-state index contributed by atoms with van der Waals surface area (Å²) in [6, 6.07) is 4.99. The minimum Gasteiger partial charge on any atom is -0.348 e. The second-order valence-corrected chi connectivity index (χ2v) is 5.19. The largest absolute Gasteiger partial charge is 0.348 e. The fraction of sp³-hybridized carbons (Fsp3) is 0.500. The van der Waals surface area contributed by atoms with E-state index in [4.69, 9.17) is 0 Å². The van der Waals surface area contributed by atoms with Gasteiger partial charge in [0.1, 0.15) is 5.56 Å². The lowest BCUT2D eigenvalue weighted by molar-refractivity contribution is -0.385. The molecule has 1 saturated heterocycles. The van der Waals surface area contributed by atoms with Gasteiger partial charge in [-0.3, -0.25) is 14.9 Å². The topological polar surface area (TPSA) is 84.3 Å². The molecule has 2 rings (SSSR count). The second-order valence-electron chi connectivity index (χ2n) is 5.19. The molecular weight excluding hydrogens is 294 g/mol. The number of piperidine rings is 1. The van der Waals surface area contributed by atoms with Crippen molar-refractivity contribution in [2.45, 2.75) is 38.8 Å². The highest BCUT2D eigenvalue weighted by atomic mass is 35.5. The Morgan fingerprint density at radius 2 is 2.19 bits per heavy atom. The number of hydrogen-bond acceptors (Lipinski definition) is 4. The van der Waals surface area contributed by atoms with Gasteiger partial charge in [-0.05, 0) is 39.3 Å². The van der Waals surface area contributed by atoms with Crippen LogP contribution in [0.2, 0.25) is 0 Å². The summed E-state index contributed by atoms with van der Waals surface area (Å²) in [7, 11) is 0. The summed E-state index contributed by atoms with van der Waals surface area (Å²) in [5.41, 5.74) is 0.520. The molecule has 2 N–H and O–H groups in total. The Kier molecular flexibility index (Phi) is 6.11. The van der Waals surface area contributed by atoms with Gasteiger partial charge in [0.25, 0.3) is 11.6 Å². The van der Waals surface area contributed by atoms with Crippen LogP contribution in [0.5, 0.6) is 0 Å². The predicted molar refractivity (Wildman–Crippen MR) is 83.0 cm³/mol. The number of amides is 1. The first-order valence-electron chi connectivity index (χ1n) is 6.79. The fourth-order valence-corrected chi connectivity index (χ4v) is 2.57. The van der Waals surface area contributed by atoms with Gasteiger partial charge in [0.15, 0.2) is 0 Å². The number of halogens is 1. The third-order valence-electron chi connectivity index (χ3n) is 3.74. The summed E-state index contributed by atoms with van der Waals surface area (Å²) in [5, 5.41) is 17.3. The van der Waals surface area contributed by atoms with Crippen LogP contribution in [0.4, 0.5) is 5.69 Å². The molecule has 6 nitrogen and oxygen atoms in total. The molecule has 1 heterocycles. The van der Waals surface area contributed by atoms with E-state index in [9.17, 15) is 14.9 Å². The Morgan fingerprint density at radius 1 is 1.48 bits per heavy atom. The van der Waals surface area contributed by atoms with Crippen molar-refractivity contribution < 1.29 is 9.72 Å². The van der Waals surface area contributed by atoms with Crippen LogP contribution in [0.25, 0.3) is 0 Å². The van der Waals surface area contributed by atoms with E-state index in [0.717, 1.165) is 19.4 Å². The number of nitrogens with zero attached hydrogens (tertiary/aromatic N) is 1. The molecule has 1 aromatic rings. The van der Waals surface area contributed by atoms with Crippen molar-refractivity contribution in [3.05, 3.63) is 39.4 Å². The van der Waals surface area contributed by atoms with Crippen LogP contribution < -0.4 is 10.6 Å². The summed E-state index contributed by atoms with van der Waals surface area (Å²) in [6.45, 7) is 4.59. The van der Waals surface area contributed by atoms with E-state index in [1.165, 1.54) is 6.07 Å². The zero-order valence-electron chi connectivity index (χ0n) is 12.1. The van der Waals surface area contributed by atoms with E-state index in [1.54, 1.807) is 19.1 Å². The van der Waals surface area contributed by atoms with Gasteiger partial charge in [-0.25, -0.2) is 0 Å². The first-order valence-corrected chi connectivity index (χ1v) is 6.79. The summed E-state index contributed by atoms with van der Waals surface area (Å²) >= 11 is 0. The third-order valence-corrected chi connectivity index (χ3v) is 3.74. The van der Waals surface area contributed by atoms with Crippen LogP contribution in [0.3, 0.4) is 0 Å². The lowest BCUT2D eigenvalue weighted by Crippen LogP contribution is -2.51. The normalized spacial score (nSPS) is 21.2. The number of carbonyl (C=O) groups is 1. The van der Waals surface area contributed by atoms with Crippen molar-refractivity contribution in [2.75, 3.05) is 6.54 Å². The second kappa shape index (κ2) is 7.38. The van der Waals surface area contributed by atoms with Crippen LogP contribution in [0.1, 0.15) is 35.7 Å². The highest BCUT2D eigenvalue weighted by Crippen LogP contribution is 2.23. The molecule has 0 aromatic heterocycles. The van der Waals surface area contributed by atoms with Gasteiger partial charge in [0.2, 0.25) is 0 Å². The monoisotopic (exact) mass is 313 g/mol. The van der Waals surface area contributed by atoms with Crippen molar-refractivity contribution >= 4 is 24.0 Å². The molecule has 2 unspecified atom stereocenters. The molecule has 2 atom stereocenters. The number of nitro groups is 1. The fourth-order valence-electron chi connectivity index (χ4n) is 2.57. The molecule has 0 saturated carbocycles. The highest BCUT2D eigenvalue weighted by Gasteiger charge is 2.27. The van der Waals surface area contributed by atoms with Crippen molar-refractivity contribution in [1.29, 1.82) is 0 Å².